The Balaban J connectivity index is 1.86. The Hall–Kier alpha value is -2.63. The Morgan fingerprint density at radius 1 is 1.14 bits per heavy atom. The van der Waals surface area contributed by atoms with E-state index in [1.54, 1.807) is 26.2 Å². The third-order valence-electron chi connectivity index (χ3n) is 2.99. The zero-order valence-electron chi connectivity index (χ0n) is 12.2. The van der Waals surface area contributed by atoms with Crippen molar-refractivity contribution in [1.82, 2.24) is 15.1 Å². The Morgan fingerprint density at radius 3 is 2.43 bits per heavy atom. The van der Waals surface area contributed by atoms with Gasteiger partial charge in [-0.1, -0.05) is 12.1 Å². The predicted molar refractivity (Wildman–Crippen MR) is 83.1 cm³/mol. The molecular formula is C15H19N5O. The number of nitrogens with zero attached hydrogens (tertiary/aromatic N) is 3. The first-order valence-electron chi connectivity index (χ1n) is 6.70. The number of nitrogen functional groups attached to an aromatic ring is 1. The fourth-order valence-corrected chi connectivity index (χ4v) is 1.79. The SMILES string of the molecule is CN(C)C(=O)c1ccc(NCCc2ccc(N)cc2)nn1. The van der Waals surface area contributed by atoms with Crippen molar-refractivity contribution in [2.75, 3.05) is 31.7 Å². The molecule has 21 heavy (non-hydrogen) atoms. The van der Waals surface area contributed by atoms with Crippen LogP contribution < -0.4 is 11.1 Å². The number of anilines is 2. The Bertz CT molecular complexity index is 592. The normalized spacial score (nSPS) is 10.2. The molecule has 110 valence electrons. The third kappa shape index (κ3) is 4.17. The molecule has 0 atom stereocenters. The van der Waals surface area contributed by atoms with Gasteiger partial charge in [0.2, 0.25) is 0 Å². The van der Waals surface area contributed by atoms with Gasteiger partial charge >= 0.3 is 0 Å². The van der Waals surface area contributed by atoms with Crippen LogP contribution in [0.4, 0.5) is 11.5 Å². The lowest BCUT2D eigenvalue weighted by Gasteiger charge is -2.09. The van der Waals surface area contributed by atoms with Crippen molar-refractivity contribution in [3.63, 3.8) is 0 Å². The van der Waals surface area contributed by atoms with Gasteiger partial charge in [-0.25, -0.2) is 0 Å². The van der Waals surface area contributed by atoms with Crippen LogP contribution >= 0.6 is 0 Å². The fourth-order valence-electron chi connectivity index (χ4n) is 1.79. The summed E-state index contributed by atoms with van der Waals surface area (Å²) < 4.78 is 0. The molecule has 0 aliphatic heterocycles. The molecule has 0 saturated heterocycles. The lowest BCUT2D eigenvalue weighted by Crippen LogP contribution is -2.23. The lowest BCUT2D eigenvalue weighted by molar-refractivity contribution is 0.0821. The van der Waals surface area contributed by atoms with Crippen molar-refractivity contribution >= 4 is 17.4 Å². The van der Waals surface area contributed by atoms with E-state index in [0.29, 0.717) is 11.5 Å². The highest BCUT2D eigenvalue weighted by Gasteiger charge is 2.09. The van der Waals surface area contributed by atoms with Gasteiger partial charge in [-0.2, -0.15) is 0 Å². The number of rotatable bonds is 5. The first kappa shape index (κ1) is 14.8. The standard InChI is InChI=1S/C15H19N5O/c1-20(2)15(21)13-7-8-14(19-18-13)17-10-9-11-3-5-12(16)6-4-11/h3-8H,9-10,16H2,1-2H3,(H,17,19). The number of carbonyl (C=O) groups is 1. The summed E-state index contributed by atoms with van der Waals surface area (Å²) in [6.07, 6.45) is 0.861. The average Bonchev–Trinajstić information content (AvgIpc) is 2.49. The second-order valence-electron chi connectivity index (χ2n) is 4.92. The number of amides is 1. The predicted octanol–water partition coefficient (Wildman–Crippen LogP) is 1.42. The highest BCUT2D eigenvalue weighted by Crippen LogP contribution is 2.07. The summed E-state index contributed by atoms with van der Waals surface area (Å²) in [4.78, 5) is 13.1. The van der Waals surface area contributed by atoms with E-state index in [9.17, 15) is 4.79 Å². The number of aromatic nitrogens is 2. The minimum Gasteiger partial charge on any atom is -0.399 e. The summed E-state index contributed by atoms with van der Waals surface area (Å²) in [6.45, 7) is 0.736. The molecule has 0 fully saturated rings. The monoisotopic (exact) mass is 285 g/mol. The Labute approximate surface area is 124 Å². The van der Waals surface area contributed by atoms with Gasteiger partial charge in [-0.05, 0) is 36.2 Å². The number of hydrogen-bond acceptors (Lipinski definition) is 5. The van der Waals surface area contributed by atoms with Gasteiger partial charge in [0.25, 0.3) is 5.91 Å². The topological polar surface area (TPSA) is 84.1 Å². The summed E-state index contributed by atoms with van der Waals surface area (Å²) in [7, 11) is 3.37. The molecule has 0 unspecified atom stereocenters. The molecule has 0 spiro atoms. The van der Waals surface area contributed by atoms with Crippen LogP contribution in [-0.4, -0.2) is 41.6 Å². The van der Waals surface area contributed by atoms with Crippen LogP contribution in [0.5, 0.6) is 0 Å². The smallest absolute Gasteiger partial charge is 0.273 e. The number of nitrogens with two attached hydrogens (primary N) is 1. The number of benzene rings is 1. The van der Waals surface area contributed by atoms with E-state index in [0.717, 1.165) is 18.7 Å². The Kier molecular flexibility index (Phi) is 4.71. The van der Waals surface area contributed by atoms with Gasteiger partial charge in [0.05, 0.1) is 0 Å². The van der Waals surface area contributed by atoms with Gasteiger partial charge < -0.3 is 16.0 Å². The molecule has 3 N–H and O–H groups in total. The van der Waals surface area contributed by atoms with Gasteiger partial charge in [0, 0.05) is 26.3 Å². The lowest BCUT2D eigenvalue weighted by atomic mass is 10.1. The number of nitrogens with one attached hydrogen (secondary N) is 1. The van der Waals surface area contributed by atoms with Crippen LogP contribution in [0.3, 0.4) is 0 Å². The van der Waals surface area contributed by atoms with Crippen LogP contribution in [0, 0.1) is 0 Å². The maximum Gasteiger partial charge on any atom is 0.273 e. The molecule has 1 aromatic carbocycles. The molecule has 2 rings (SSSR count). The van der Waals surface area contributed by atoms with Crippen molar-refractivity contribution in [2.24, 2.45) is 0 Å². The van der Waals surface area contributed by atoms with Gasteiger partial charge in [0.1, 0.15) is 5.82 Å². The quantitative estimate of drug-likeness (QED) is 0.812. The minimum absolute atomic E-state index is 0.157. The van der Waals surface area contributed by atoms with E-state index in [1.807, 2.05) is 24.3 Å². The maximum atomic E-state index is 11.7. The summed E-state index contributed by atoms with van der Waals surface area (Å²) in [5, 5.41) is 11.1. The van der Waals surface area contributed by atoms with Crippen LogP contribution in [0.1, 0.15) is 16.1 Å². The molecule has 0 radical (unpaired) electrons. The zero-order valence-corrected chi connectivity index (χ0v) is 12.2. The van der Waals surface area contributed by atoms with E-state index in [2.05, 4.69) is 15.5 Å². The number of hydrogen-bond donors (Lipinski definition) is 2. The van der Waals surface area contributed by atoms with E-state index in [-0.39, 0.29) is 5.91 Å². The molecule has 1 aromatic heterocycles. The van der Waals surface area contributed by atoms with Crippen molar-refractivity contribution in [3.05, 3.63) is 47.7 Å². The molecule has 0 bridgehead atoms. The Morgan fingerprint density at radius 2 is 1.86 bits per heavy atom. The number of carbonyl (C=O) groups excluding carboxylic acids is 1. The highest BCUT2D eigenvalue weighted by atomic mass is 16.2. The van der Waals surface area contributed by atoms with E-state index < -0.39 is 0 Å². The van der Waals surface area contributed by atoms with Gasteiger partial charge in [-0.3, -0.25) is 4.79 Å². The van der Waals surface area contributed by atoms with Gasteiger partial charge in [0.15, 0.2) is 5.69 Å². The largest absolute Gasteiger partial charge is 0.399 e. The van der Waals surface area contributed by atoms with Crippen LogP contribution in [-0.2, 0) is 6.42 Å². The summed E-state index contributed by atoms with van der Waals surface area (Å²) in [6, 6.07) is 11.2. The van der Waals surface area contributed by atoms with E-state index >= 15 is 0 Å². The molecule has 1 heterocycles. The zero-order chi connectivity index (χ0) is 15.2. The second kappa shape index (κ2) is 6.69. The minimum atomic E-state index is -0.157. The molecule has 6 heteroatoms. The molecule has 0 aliphatic rings. The first-order valence-corrected chi connectivity index (χ1v) is 6.70. The van der Waals surface area contributed by atoms with Crippen molar-refractivity contribution < 1.29 is 4.79 Å². The summed E-state index contributed by atoms with van der Waals surface area (Å²) >= 11 is 0. The molecule has 0 saturated carbocycles. The van der Waals surface area contributed by atoms with Gasteiger partial charge in [-0.15, -0.1) is 10.2 Å². The molecule has 2 aromatic rings. The van der Waals surface area contributed by atoms with Crippen LogP contribution in [0.25, 0.3) is 0 Å². The van der Waals surface area contributed by atoms with Crippen LogP contribution in [0.2, 0.25) is 0 Å². The molecule has 6 nitrogen and oxygen atoms in total. The van der Waals surface area contributed by atoms with E-state index in [4.69, 9.17) is 5.73 Å². The third-order valence-corrected chi connectivity index (χ3v) is 2.99. The molecule has 1 amide bonds. The van der Waals surface area contributed by atoms with Crippen molar-refractivity contribution in [2.45, 2.75) is 6.42 Å². The van der Waals surface area contributed by atoms with Crippen LogP contribution in [0.15, 0.2) is 36.4 Å². The summed E-state index contributed by atoms with van der Waals surface area (Å²) in [5.74, 6) is 0.497. The molecule has 0 aliphatic carbocycles. The summed E-state index contributed by atoms with van der Waals surface area (Å²) in [5.41, 5.74) is 7.94. The first-order chi connectivity index (χ1) is 10.1. The molecular weight excluding hydrogens is 266 g/mol. The van der Waals surface area contributed by atoms with E-state index in [1.165, 1.54) is 10.5 Å². The second-order valence-corrected chi connectivity index (χ2v) is 4.92. The van der Waals surface area contributed by atoms with Crippen molar-refractivity contribution in [3.8, 4) is 0 Å². The maximum absolute atomic E-state index is 11.7. The fraction of sp³-hybridized carbons (Fsp3) is 0.267. The highest BCUT2D eigenvalue weighted by molar-refractivity contribution is 5.91. The van der Waals surface area contributed by atoms with Crippen molar-refractivity contribution in [1.29, 1.82) is 0 Å². The average molecular weight is 285 g/mol.